The van der Waals surface area contributed by atoms with Crippen LogP contribution in [0.3, 0.4) is 0 Å². The first kappa shape index (κ1) is 11.3. The van der Waals surface area contributed by atoms with Crippen LogP contribution in [-0.4, -0.2) is 48.5 Å². The van der Waals surface area contributed by atoms with Crippen LogP contribution in [0.4, 0.5) is 5.82 Å². The Morgan fingerprint density at radius 2 is 2.28 bits per heavy atom. The highest BCUT2D eigenvalue weighted by atomic mass is 16.5. The largest absolute Gasteiger partial charge is 0.394 e. The van der Waals surface area contributed by atoms with Crippen molar-refractivity contribution in [2.24, 2.45) is 0 Å². The van der Waals surface area contributed by atoms with Crippen molar-refractivity contribution in [2.75, 3.05) is 12.3 Å². The smallest absolute Gasteiger partial charge is 0.167 e. The summed E-state index contributed by atoms with van der Waals surface area (Å²) in [5.74, 6) is 0.302. The third kappa shape index (κ3) is 1.62. The molecule has 0 aliphatic carbocycles. The van der Waals surface area contributed by atoms with E-state index < -0.39 is 18.4 Å². The van der Waals surface area contributed by atoms with Crippen molar-refractivity contribution in [1.29, 1.82) is 0 Å². The van der Waals surface area contributed by atoms with Crippen molar-refractivity contribution in [2.45, 2.75) is 24.9 Å². The Hall–Kier alpha value is -1.77. The maximum atomic E-state index is 9.71. The second kappa shape index (κ2) is 4.16. The van der Waals surface area contributed by atoms with Crippen LogP contribution >= 0.6 is 0 Å². The van der Waals surface area contributed by atoms with E-state index in [9.17, 15) is 5.11 Å². The number of rotatable bonds is 2. The Morgan fingerprint density at radius 3 is 3.00 bits per heavy atom. The van der Waals surface area contributed by atoms with Gasteiger partial charge in [0.05, 0.1) is 19.0 Å². The molecule has 1 aliphatic rings. The molecule has 1 saturated heterocycles. The highest BCUT2D eigenvalue weighted by Crippen LogP contribution is 2.30. The molecule has 8 heteroatoms. The molecule has 0 bridgehead atoms. The van der Waals surface area contributed by atoms with Crippen LogP contribution in [0, 0.1) is 0 Å². The lowest BCUT2D eigenvalue weighted by Gasteiger charge is -2.13. The Morgan fingerprint density at radius 1 is 1.44 bits per heavy atom. The summed E-state index contributed by atoms with van der Waals surface area (Å²) < 4.78 is 7.22. The Kier molecular flexibility index (Phi) is 2.62. The molecule has 1 aliphatic heterocycles. The van der Waals surface area contributed by atoms with Gasteiger partial charge in [0.1, 0.15) is 24.2 Å². The number of fused-ring (bicyclic) bond motifs is 1. The number of imidazole rings is 1. The lowest BCUT2D eigenvalue weighted by atomic mass is 10.2. The second-order valence-electron chi connectivity index (χ2n) is 4.20. The zero-order valence-corrected chi connectivity index (χ0v) is 9.47. The van der Waals surface area contributed by atoms with Gasteiger partial charge in [-0.25, -0.2) is 15.0 Å². The van der Waals surface area contributed by atoms with E-state index in [0.29, 0.717) is 23.4 Å². The van der Waals surface area contributed by atoms with Crippen LogP contribution in [0.1, 0.15) is 12.6 Å². The van der Waals surface area contributed by atoms with E-state index >= 15 is 0 Å². The zero-order chi connectivity index (χ0) is 12.7. The lowest BCUT2D eigenvalue weighted by molar-refractivity contribution is -0.0432. The summed E-state index contributed by atoms with van der Waals surface area (Å²) in [7, 11) is 0. The van der Waals surface area contributed by atoms with Crippen LogP contribution in [0.15, 0.2) is 12.7 Å². The van der Waals surface area contributed by atoms with Crippen LogP contribution < -0.4 is 5.73 Å². The van der Waals surface area contributed by atoms with Gasteiger partial charge < -0.3 is 20.7 Å². The molecule has 0 aromatic carbocycles. The number of aliphatic hydroxyl groups excluding tert-OH is 2. The van der Waals surface area contributed by atoms with Gasteiger partial charge in [-0.1, -0.05) is 0 Å². The summed E-state index contributed by atoms with van der Waals surface area (Å²) in [5.41, 5.74) is 6.75. The van der Waals surface area contributed by atoms with Gasteiger partial charge in [-0.3, -0.25) is 4.57 Å². The number of ether oxygens (including phenoxy) is 1. The highest BCUT2D eigenvalue weighted by Gasteiger charge is 2.35. The molecule has 8 nitrogen and oxygen atoms in total. The molecule has 2 aromatic rings. The van der Waals surface area contributed by atoms with E-state index in [1.165, 1.54) is 6.33 Å². The molecule has 4 N–H and O–H groups in total. The molecule has 3 atom stereocenters. The van der Waals surface area contributed by atoms with Gasteiger partial charge in [0.25, 0.3) is 0 Å². The van der Waals surface area contributed by atoms with Crippen LogP contribution in [0.5, 0.6) is 0 Å². The topological polar surface area (TPSA) is 119 Å². The molecule has 0 saturated carbocycles. The number of anilines is 1. The van der Waals surface area contributed by atoms with Gasteiger partial charge in [0.2, 0.25) is 0 Å². The molecule has 3 rings (SSSR count). The van der Waals surface area contributed by atoms with Gasteiger partial charge in [0.15, 0.2) is 11.5 Å². The molecule has 18 heavy (non-hydrogen) atoms. The molecule has 3 heterocycles. The predicted octanol–water partition coefficient (Wildman–Crippen LogP) is -0.951. The van der Waals surface area contributed by atoms with Crippen molar-refractivity contribution in [3.63, 3.8) is 0 Å². The average molecular weight is 251 g/mol. The maximum absolute atomic E-state index is 9.71. The van der Waals surface area contributed by atoms with Gasteiger partial charge >= 0.3 is 0 Å². The summed E-state index contributed by atoms with van der Waals surface area (Å²) in [6.45, 7) is -0.221. The first-order chi connectivity index (χ1) is 8.70. The fourth-order valence-corrected chi connectivity index (χ4v) is 2.13. The number of nitrogen functional groups attached to an aromatic ring is 1. The molecular weight excluding hydrogens is 238 g/mol. The van der Waals surface area contributed by atoms with Crippen molar-refractivity contribution in [3.05, 3.63) is 12.7 Å². The zero-order valence-electron chi connectivity index (χ0n) is 9.47. The van der Waals surface area contributed by atoms with E-state index in [4.69, 9.17) is 15.6 Å². The first-order valence-electron chi connectivity index (χ1n) is 5.58. The van der Waals surface area contributed by atoms with Crippen molar-refractivity contribution in [3.8, 4) is 0 Å². The fourth-order valence-electron chi connectivity index (χ4n) is 2.13. The normalized spacial score (nSPS) is 28.0. The van der Waals surface area contributed by atoms with Gasteiger partial charge in [-0.05, 0) is 0 Å². The Balaban J connectivity index is 1.99. The molecule has 2 aromatic heterocycles. The summed E-state index contributed by atoms with van der Waals surface area (Å²) in [6.07, 6.45) is 1.60. The number of nitrogens with two attached hydrogens (primary N) is 1. The van der Waals surface area contributed by atoms with Crippen molar-refractivity contribution in [1.82, 2.24) is 19.5 Å². The quantitative estimate of drug-likeness (QED) is 0.629. The van der Waals surface area contributed by atoms with Gasteiger partial charge in [-0.15, -0.1) is 0 Å². The summed E-state index contributed by atoms with van der Waals surface area (Å²) >= 11 is 0. The average Bonchev–Trinajstić information content (AvgIpc) is 2.93. The third-order valence-corrected chi connectivity index (χ3v) is 3.08. The van der Waals surface area contributed by atoms with Crippen LogP contribution in [-0.2, 0) is 4.74 Å². The highest BCUT2D eigenvalue weighted by molar-refractivity contribution is 5.81. The monoisotopic (exact) mass is 251 g/mol. The molecule has 0 amide bonds. The molecule has 0 spiro atoms. The fraction of sp³-hybridized carbons (Fsp3) is 0.500. The number of aliphatic hydroxyl groups is 2. The van der Waals surface area contributed by atoms with E-state index in [0.717, 1.165) is 0 Å². The van der Waals surface area contributed by atoms with Crippen LogP contribution in [0.2, 0.25) is 0 Å². The third-order valence-electron chi connectivity index (χ3n) is 3.08. The lowest BCUT2D eigenvalue weighted by Crippen LogP contribution is -2.24. The summed E-state index contributed by atoms with van der Waals surface area (Å²) in [6, 6.07) is 0. The Bertz CT molecular complexity index is 572. The van der Waals surface area contributed by atoms with Crippen molar-refractivity contribution < 1.29 is 14.9 Å². The molecule has 1 fully saturated rings. The summed E-state index contributed by atoms with van der Waals surface area (Å²) in [5, 5.41) is 18.8. The van der Waals surface area contributed by atoms with E-state index in [1.807, 2.05) is 0 Å². The number of hydrogen-bond acceptors (Lipinski definition) is 7. The predicted molar refractivity (Wildman–Crippen MR) is 61.4 cm³/mol. The maximum Gasteiger partial charge on any atom is 0.167 e. The standard InChI is InChI=1S/C10H13N5O3/c11-9-8-10(13-3-12-9)15(4-14-8)7-1-5(17)6(2-16)18-7/h3-7,16-17H,1-2H2,(H2,11,12,13)/t5?,6-,7+/m1/s1. The molecule has 1 unspecified atom stereocenters. The minimum atomic E-state index is -0.698. The number of hydrogen-bond donors (Lipinski definition) is 3. The second-order valence-corrected chi connectivity index (χ2v) is 4.20. The molecular formula is C10H13N5O3. The minimum Gasteiger partial charge on any atom is -0.394 e. The minimum absolute atomic E-state index is 0.221. The molecule has 0 radical (unpaired) electrons. The molecule has 96 valence electrons. The number of nitrogens with zero attached hydrogens (tertiary/aromatic N) is 4. The number of aromatic nitrogens is 4. The van der Waals surface area contributed by atoms with Crippen molar-refractivity contribution >= 4 is 17.0 Å². The van der Waals surface area contributed by atoms with E-state index in [-0.39, 0.29) is 6.61 Å². The van der Waals surface area contributed by atoms with Gasteiger partial charge in [-0.2, -0.15) is 0 Å². The SMILES string of the molecule is Nc1ncnc2c1ncn2[C@@H]1CC(O)[C@@H](CO)O1. The van der Waals surface area contributed by atoms with E-state index in [1.54, 1.807) is 10.9 Å². The summed E-state index contributed by atoms with van der Waals surface area (Å²) in [4.78, 5) is 12.1. The Labute approximate surface area is 102 Å². The van der Waals surface area contributed by atoms with Gasteiger partial charge in [0, 0.05) is 6.42 Å². The van der Waals surface area contributed by atoms with E-state index in [2.05, 4.69) is 15.0 Å². The first-order valence-corrected chi connectivity index (χ1v) is 5.58. The van der Waals surface area contributed by atoms with Crippen LogP contribution in [0.25, 0.3) is 11.2 Å².